The highest BCUT2D eigenvalue weighted by atomic mass is 16.3. The van der Waals surface area contributed by atoms with Gasteiger partial charge in [-0.3, -0.25) is 0 Å². The van der Waals surface area contributed by atoms with Gasteiger partial charge in [-0.25, -0.2) is 0 Å². The Kier molecular flexibility index (Phi) is 2.98. The van der Waals surface area contributed by atoms with Gasteiger partial charge in [0.2, 0.25) is 0 Å². The lowest BCUT2D eigenvalue weighted by Gasteiger charge is -2.33. The molecule has 1 heteroatoms. The van der Waals surface area contributed by atoms with E-state index in [1.54, 1.807) is 0 Å². The summed E-state index contributed by atoms with van der Waals surface area (Å²) in [7, 11) is 0. The molecule has 2 aliphatic carbocycles. The Morgan fingerprint density at radius 3 is 3.00 bits per heavy atom. The van der Waals surface area contributed by atoms with E-state index in [-0.39, 0.29) is 0 Å². The molecular formula is C14H17O. The van der Waals surface area contributed by atoms with Gasteiger partial charge in [0, 0.05) is 12.0 Å². The molecule has 0 spiro atoms. The summed E-state index contributed by atoms with van der Waals surface area (Å²) in [5, 5.41) is 10.4. The average molecular weight is 201 g/mol. The summed E-state index contributed by atoms with van der Waals surface area (Å²) in [5.41, 5.74) is 0.247. The molecule has 1 saturated carbocycles. The topological polar surface area (TPSA) is 20.2 Å². The van der Waals surface area contributed by atoms with Gasteiger partial charge in [0.25, 0.3) is 0 Å². The van der Waals surface area contributed by atoms with Crippen LogP contribution < -0.4 is 0 Å². The number of aliphatic hydroxyl groups is 1. The van der Waals surface area contributed by atoms with Gasteiger partial charge >= 0.3 is 0 Å². The number of hydrogen-bond acceptors (Lipinski definition) is 1. The first kappa shape index (κ1) is 10.5. The van der Waals surface area contributed by atoms with Crippen LogP contribution in [0.3, 0.4) is 0 Å². The third-order valence-electron chi connectivity index (χ3n) is 3.35. The molecule has 2 aliphatic rings. The van der Waals surface area contributed by atoms with Crippen LogP contribution in [0.5, 0.6) is 0 Å². The zero-order chi connectivity index (χ0) is 10.7. The molecule has 2 unspecified atom stereocenters. The van der Waals surface area contributed by atoms with E-state index in [4.69, 9.17) is 0 Å². The van der Waals surface area contributed by atoms with E-state index in [9.17, 15) is 5.11 Å². The molecule has 0 amide bonds. The Morgan fingerprint density at radius 2 is 2.33 bits per heavy atom. The lowest BCUT2D eigenvalue weighted by Crippen LogP contribution is -2.37. The van der Waals surface area contributed by atoms with Crippen LogP contribution in [0.1, 0.15) is 32.6 Å². The largest absolute Gasteiger partial charge is 0.377 e. The Morgan fingerprint density at radius 1 is 1.47 bits per heavy atom. The maximum atomic E-state index is 10.4. The Bertz CT molecular complexity index is 353. The highest BCUT2D eigenvalue weighted by Crippen LogP contribution is 2.33. The van der Waals surface area contributed by atoms with Crippen molar-refractivity contribution in [3.8, 4) is 11.8 Å². The monoisotopic (exact) mass is 201 g/mol. The van der Waals surface area contributed by atoms with Crippen LogP contribution in [0.25, 0.3) is 0 Å². The molecule has 0 aromatic carbocycles. The zero-order valence-electron chi connectivity index (χ0n) is 9.16. The van der Waals surface area contributed by atoms with Gasteiger partial charge in [-0.1, -0.05) is 43.4 Å². The molecule has 0 aromatic heterocycles. The molecule has 0 heterocycles. The van der Waals surface area contributed by atoms with Crippen molar-refractivity contribution in [3.63, 3.8) is 0 Å². The third-order valence-corrected chi connectivity index (χ3v) is 3.35. The minimum absolute atomic E-state index is 0.300. The van der Waals surface area contributed by atoms with Crippen LogP contribution >= 0.6 is 0 Å². The lowest BCUT2D eigenvalue weighted by atomic mass is 9.77. The summed E-state index contributed by atoms with van der Waals surface area (Å²) in [4.78, 5) is 0. The van der Waals surface area contributed by atoms with E-state index in [0.717, 1.165) is 24.8 Å². The standard InChI is InChI=1S/C14H17O/c1-12-6-4-5-10-14(12,15)11-9-13-7-2-3-8-13/h2-3,7-8,12,15H,4-6,10H2,1H3. The molecule has 79 valence electrons. The van der Waals surface area contributed by atoms with Gasteiger partial charge in [0.1, 0.15) is 5.60 Å². The van der Waals surface area contributed by atoms with Gasteiger partial charge in [0.05, 0.1) is 0 Å². The van der Waals surface area contributed by atoms with E-state index in [1.807, 2.05) is 24.6 Å². The first-order chi connectivity index (χ1) is 7.21. The molecule has 1 radical (unpaired) electrons. The van der Waals surface area contributed by atoms with Crippen LogP contribution in [-0.2, 0) is 0 Å². The minimum Gasteiger partial charge on any atom is -0.377 e. The van der Waals surface area contributed by atoms with Crippen molar-refractivity contribution < 1.29 is 5.11 Å². The first-order valence-corrected chi connectivity index (χ1v) is 5.68. The second-order valence-corrected chi connectivity index (χ2v) is 4.49. The van der Waals surface area contributed by atoms with Crippen LogP contribution in [0.2, 0.25) is 0 Å². The average Bonchev–Trinajstić information content (AvgIpc) is 2.73. The number of hydrogen-bond donors (Lipinski definition) is 1. The third kappa shape index (κ3) is 2.33. The predicted octanol–water partition coefficient (Wildman–Crippen LogP) is 2.63. The molecule has 15 heavy (non-hydrogen) atoms. The lowest BCUT2D eigenvalue weighted by molar-refractivity contribution is 0.0126. The fourth-order valence-corrected chi connectivity index (χ4v) is 2.15. The highest BCUT2D eigenvalue weighted by Gasteiger charge is 2.34. The summed E-state index contributed by atoms with van der Waals surface area (Å²) >= 11 is 0. The maximum Gasteiger partial charge on any atom is 0.128 e. The van der Waals surface area contributed by atoms with Crippen LogP contribution in [0.4, 0.5) is 0 Å². The fourth-order valence-electron chi connectivity index (χ4n) is 2.15. The second-order valence-electron chi connectivity index (χ2n) is 4.49. The number of allylic oxidation sites excluding steroid dienone is 4. The molecule has 0 aliphatic heterocycles. The van der Waals surface area contributed by atoms with Crippen molar-refractivity contribution >= 4 is 0 Å². The van der Waals surface area contributed by atoms with Crippen LogP contribution in [0, 0.1) is 24.2 Å². The van der Waals surface area contributed by atoms with Crippen molar-refractivity contribution in [3.05, 3.63) is 30.2 Å². The zero-order valence-corrected chi connectivity index (χ0v) is 9.16. The number of rotatable bonds is 0. The smallest absolute Gasteiger partial charge is 0.128 e. The van der Waals surface area contributed by atoms with E-state index >= 15 is 0 Å². The summed E-state index contributed by atoms with van der Waals surface area (Å²) in [6, 6.07) is 0. The maximum absolute atomic E-state index is 10.4. The molecule has 2 atom stereocenters. The SMILES string of the molecule is CC1CCCCC1(O)C#CC1=C[CH]C=C1. The van der Waals surface area contributed by atoms with Gasteiger partial charge in [0.15, 0.2) is 0 Å². The van der Waals surface area contributed by atoms with E-state index < -0.39 is 5.60 Å². The van der Waals surface area contributed by atoms with Gasteiger partial charge in [-0.15, -0.1) is 0 Å². The summed E-state index contributed by atoms with van der Waals surface area (Å²) in [6.07, 6.45) is 12.1. The normalized spacial score (nSPS) is 34.5. The van der Waals surface area contributed by atoms with Crippen molar-refractivity contribution in [2.45, 2.75) is 38.2 Å². The Balaban J connectivity index is 2.11. The van der Waals surface area contributed by atoms with Crippen molar-refractivity contribution in [2.24, 2.45) is 5.92 Å². The second kappa shape index (κ2) is 4.24. The Labute approximate surface area is 91.9 Å². The predicted molar refractivity (Wildman–Crippen MR) is 61.9 cm³/mol. The molecule has 1 nitrogen and oxygen atoms in total. The molecular weight excluding hydrogens is 184 g/mol. The van der Waals surface area contributed by atoms with E-state index in [0.29, 0.717) is 5.92 Å². The molecule has 1 fully saturated rings. The molecule has 2 rings (SSSR count). The Hall–Kier alpha value is -1.00. The molecule has 0 bridgehead atoms. The summed E-state index contributed by atoms with van der Waals surface area (Å²) < 4.78 is 0. The molecule has 0 aromatic rings. The highest BCUT2D eigenvalue weighted by molar-refractivity contribution is 5.47. The van der Waals surface area contributed by atoms with E-state index in [1.165, 1.54) is 6.42 Å². The summed E-state index contributed by atoms with van der Waals surface area (Å²) in [6.45, 7) is 2.10. The van der Waals surface area contributed by atoms with Crippen molar-refractivity contribution in [2.75, 3.05) is 0 Å². The summed E-state index contributed by atoms with van der Waals surface area (Å²) in [5.74, 6) is 6.42. The first-order valence-electron chi connectivity index (χ1n) is 5.68. The van der Waals surface area contributed by atoms with E-state index in [2.05, 4.69) is 18.8 Å². The fraction of sp³-hybridized carbons (Fsp3) is 0.500. The van der Waals surface area contributed by atoms with Crippen molar-refractivity contribution in [1.29, 1.82) is 0 Å². The van der Waals surface area contributed by atoms with Crippen LogP contribution in [-0.4, -0.2) is 10.7 Å². The minimum atomic E-state index is -0.754. The molecule has 1 N–H and O–H groups in total. The molecule has 0 saturated heterocycles. The van der Waals surface area contributed by atoms with Gasteiger partial charge < -0.3 is 5.11 Å². The van der Waals surface area contributed by atoms with Gasteiger partial charge in [-0.05, 0) is 25.2 Å². The van der Waals surface area contributed by atoms with Crippen molar-refractivity contribution in [1.82, 2.24) is 0 Å². The van der Waals surface area contributed by atoms with Gasteiger partial charge in [-0.2, -0.15) is 0 Å². The quantitative estimate of drug-likeness (QED) is 0.597. The van der Waals surface area contributed by atoms with Crippen LogP contribution in [0.15, 0.2) is 23.8 Å².